The van der Waals surface area contributed by atoms with Gasteiger partial charge in [0.25, 0.3) is 5.91 Å². The molecule has 10 nitrogen and oxygen atoms in total. The molecule has 3 N–H and O–H groups in total. The van der Waals surface area contributed by atoms with Crippen LogP contribution in [0, 0.1) is 22.7 Å². The third-order valence-corrected chi connectivity index (χ3v) is 6.56. The number of nitrogen functional groups attached to an aromatic ring is 1. The van der Waals surface area contributed by atoms with Crippen molar-refractivity contribution in [2.45, 2.75) is 6.54 Å². The molecule has 1 aliphatic heterocycles. The zero-order chi connectivity index (χ0) is 27.2. The highest BCUT2D eigenvalue weighted by Gasteiger charge is 2.21. The molecule has 0 bridgehead atoms. The van der Waals surface area contributed by atoms with Crippen LogP contribution in [0.2, 0.25) is 0 Å². The van der Waals surface area contributed by atoms with Crippen molar-refractivity contribution in [1.29, 1.82) is 10.5 Å². The van der Waals surface area contributed by atoms with E-state index >= 15 is 0 Å². The van der Waals surface area contributed by atoms with Gasteiger partial charge in [-0.25, -0.2) is 9.97 Å². The van der Waals surface area contributed by atoms with Gasteiger partial charge in [0.2, 0.25) is 0 Å². The molecular weight excluding hydrogens is 490 g/mol. The van der Waals surface area contributed by atoms with Gasteiger partial charge in [0.1, 0.15) is 12.1 Å². The number of nitrogens with one attached hydrogen (secondary N) is 1. The SMILES string of the molecule is N#Cc1cc(CN2CCN(c3nccnc3C#N)CC2)cnc1-c1ccc(C(=O)Nc2ccccc2N)cc1. The Morgan fingerprint density at radius 3 is 2.41 bits per heavy atom. The first-order valence-corrected chi connectivity index (χ1v) is 12.4. The second-order valence-electron chi connectivity index (χ2n) is 9.07. The fraction of sp³-hybridized carbons (Fsp3) is 0.172. The van der Waals surface area contributed by atoms with Crippen LogP contribution in [0.25, 0.3) is 11.3 Å². The number of rotatable bonds is 6. The number of pyridine rings is 1. The number of benzene rings is 2. The predicted molar refractivity (Wildman–Crippen MR) is 147 cm³/mol. The van der Waals surface area contributed by atoms with Crippen molar-refractivity contribution in [1.82, 2.24) is 19.9 Å². The zero-order valence-electron chi connectivity index (χ0n) is 21.1. The minimum atomic E-state index is -0.272. The molecule has 0 aliphatic carbocycles. The van der Waals surface area contributed by atoms with Crippen LogP contribution in [0.15, 0.2) is 73.2 Å². The zero-order valence-corrected chi connectivity index (χ0v) is 21.1. The van der Waals surface area contributed by atoms with Crippen LogP contribution in [-0.4, -0.2) is 51.9 Å². The number of nitrogens with zero attached hydrogens (tertiary/aromatic N) is 7. The molecule has 0 atom stereocenters. The van der Waals surface area contributed by atoms with E-state index in [0.717, 1.165) is 37.3 Å². The molecule has 1 aliphatic rings. The van der Waals surface area contributed by atoms with Gasteiger partial charge in [-0.3, -0.25) is 14.7 Å². The number of nitrogens with two attached hydrogens (primary N) is 1. The summed E-state index contributed by atoms with van der Waals surface area (Å²) in [6.45, 7) is 3.66. The molecule has 0 unspecified atom stereocenters. The lowest BCUT2D eigenvalue weighted by molar-refractivity contribution is 0.102. The molecular formula is C29H25N9O. The van der Waals surface area contributed by atoms with Crippen molar-refractivity contribution in [3.05, 3.63) is 95.6 Å². The van der Waals surface area contributed by atoms with Crippen LogP contribution in [0.5, 0.6) is 0 Å². The van der Waals surface area contributed by atoms with E-state index in [1.54, 1.807) is 60.9 Å². The van der Waals surface area contributed by atoms with Crippen LogP contribution < -0.4 is 16.0 Å². The molecule has 0 spiro atoms. The van der Waals surface area contributed by atoms with Crippen LogP contribution in [0.4, 0.5) is 17.2 Å². The molecule has 2 aromatic heterocycles. The van der Waals surface area contributed by atoms with E-state index in [4.69, 9.17) is 5.73 Å². The minimum absolute atomic E-state index is 0.272. The molecule has 0 saturated carbocycles. The van der Waals surface area contributed by atoms with Crippen LogP contribution in [-0.2, 0) is 6.54 Å². The van der Waals surface area contributed by atoms with Gasteiger partial charge in [-0.1, -0.05) is 24.3 Å². The number of aromatic nitrogens is 3. The van der Waals surface area contributed by atoms with Gasteiger partial charge in [0.15, 0.2) is 11.5 Å². The Hall–Kier alpha value is -5.32. The molecule has 2 aromatic carbocycles. The number of para-hydroxylation sites is 2. The molecule has 3 heterocycles. The molecule has 1 saturated heterocycles. The number of hydrogen-bond donors (Lipinski definition) is 2. The summed E-state index contributed by atoms with van der Waals surface area (Å²) in [7, 11) is 0. The predicted octanol–water partition coefficient (Wildman–Crippen LogP) is 3.44. The van der Waals surface area contributed by atoms with E-state index < -0.39 is 0 Å². The van der Waals surface area contributed by atoms with Crippen LogP contribution in [0.1, 0.15) is 27.2 Å². The molecule has 1 amide bonds. The van der Waals surface area contributed by atoms with E-state index in [1.165, 1.54) is 6.20 Å². The Labute approximate surface area is 226 Å². The number of anilines is 3. The molecule has 5 rings (SSSR count). The highest BCUT2D eigenvalue weighted by Crippen LogP contribution is 2.24. The van der Waals surface area contributed by atoms with Crippen molar-refractivity contribution in [2.24, 2.45) is 0 Å². The Balaban J connectivity index is 1.23. The maximum Gasteiger partial charge on any atom is 0.255 e. The molecule has 1 fully saturated rings. The van der Waals surface area contributed by atoms with Gasteiger partial charge in [0.05, 0.1) is 22.6 Å². The minimum Gasteiger partial charge on any atom is -0.397 e. The average Bonchev–Trinajstić information content (AvgIpc) is 2.98. The monoisotopic (exact) mass is 515 g/mol. The van der Waals surface area contributed by atoms with Gasteiger partial charge < -0.3 is 16.0 Å². The molecule has 39 heavy (non-hydrogen) atoms. The first-order valence-electron chi connectivity index (χ1n) is 12.4. The van der Waals surface area contributed by atoms with Crippen molar-refractivity contribution in [2.75, 3.05) is 42.1 Å². The van der Waals surface area contributed by atoms with E-state index in [9.17, 15) is 15.3 Å². The Bertz CT molecular complexity index is 1580. The Morgan fingerprint density at radius 2 is 1.69 bits per heavy atom. The summed E-state index contributed by atoms with van der Waals surface area (Å²) < 4.78 is 0. The van der Waals surface area contributed by atoms with Crippen molar-refractivity contribution in [3.63, 3.8) is 0 Å². The highest BCUT2D eigenvalue weighted by molar-refractivity contribution is 6.05. The maximum absolute atomic E-state index is 12.6. The van der Waals surface area contributed by atoms with Gasteiger partial charge in [-0.2, -0.15) is 10.5 Å². The Kier molecular flexibility index (Phi) is 7.39. The summed E-state index contributed by atoms with van der Waals surface area (Å²) in [6.07, 6.45) is 4.91. The number of amides is 1. The lowest BCUT2D eigenvalue weighted by Crippen LogP contribution is -2.46. The quantitative estimate of drug-likeness (QED) is 0.368. The van der Waals surface area contributed by atoms with Gasteiger partial charge >= 0.3 is 0 Å². The highest BCUT2D eigenvalue weighted by atomic mass is 16.1. The lowest BCUT2D eigenvalue weighted by atomic mass is 10.0. The number of carbonyl (C=O) groups is 1. The van der Waals surface area contributed by atoms with Crippen LogP contribution >= 0.6 is 0 Å². The summed E-state index contributed by atoms with van der Waals surface area (Å²) in [6, 6.07) is 20.3. The maximum atomic E-state index is 12.6. The van der Waals surface area contributed by atoms with Gasteiger partial charge in [0, 0.05) is 62.4 Å². The standard InChI is InChI=1S/C29H25N9O/c30-16-23-15-20(19-37-11-13-38(14-12-37)28-26(17-31)33-9-10-34-28)18-35-27(23)21-5-7-22(8-6-21)29(39)36-25-4-2-1-3-24(25)32/h1-10,15,18H,11-14,19,32H2,(H,36,39). The third kappa shape index (κ3) is 5.67. The summed E-state index contributed by atoms with van der Waals surface area (Å²) in [4.78, 5) is 30.0. The summed E-state index contributed by atoms with van der Waals surface area (Å²) >= 11 is 0. The van der Waals surface area contributed by atoms with Crippen molar-refractivity contribution >= 4 is 23.1 Å². The topological polar surface area (TPSA) is 148 Å². The van der Waals surface area contributed by atoms with Gasteiger partial charge in [-0.05, 0) is 35.9 Å². The molecule has 0 radical (unpaired) electrons. The summed E-state index contributed by atoms with van der Waals surface area (Å²) in [5, 5.41) is 21.9. The number of carbonyl (C=O) groups excluding carboxylic acids is 1. The fourth-order valence-corrected chi connectivity index (χ4v) is 4.51. The van der Waals surface area contributed by atoms with Crippen molar-refractivity contribution < 1.29 is 4.79 Å². The number of hydrogen-bond acceptors (Lipinski definition) is 9. The average molecular weight is 516 g/mol. The Morgan fingerprint density at radius 1 is 0.949 bits per heavy atom. The van der Waals surface area contributed by atoms with Crippen molar-refractivity contribution in [3.8, 4) is 23.4 Å². The molecule has 4 aromatic rings. The normalized spacial score (nSPS) is 13.3. The number of nitriles is 2. The van der Waals surface area contributed by atoms with E-state index in [-0.39, 0.29) is 5.91 Å². The van der Waals surface area contributed by atoms with E-state index in [0.29, 0.717) is 46.3 Å². The van der Waals surface area contributed by atoms with E-state index in [1.807, 2.05) is 6.07 Å². The fourth-order valence-electron chi connectivity index (χ4n) is 4.51. The number of piperazine rings is 1. The first-order chi connectivity index (χ1) is 19.1. The molecule has 10 heteroatoms. The third-order valence-electron chi connectivity index (χ3n) is 6.56. The second-order valence-corrected chi connectivity index (χ2v) is 9.07. The first kappa shape index (κ1) is 25.3. The summed E-state index contributed by atoms with van der Waals surface area (Å²) in [5.74, 6) is 0.344. The second kappa shape index (κ2) is 11.4. The largest absolute Gasteiger partial charge is 0.397 e. The lowest BCUT2D eigenvalue weighted by Gasteiger charge is -2.35. The smallest absolute Gasteiger partial charge is 0.255 e. The van der Waals surface area contributed by atoms with E-state index in [2.05, 4.69) is 42.2 Å². The van der Waals surface area contributed by atoms with Crippen LogP contribution in [0.3, 0.4) is 0 Å². The molecule has 192 valence electrons. The van der Waals surface area contributed by atoms with Gasteiger partial charge in [-0.15, -0.1) is 0 Å². The summed E-state index contributed by atoms with van der Waals surface area (Å²) in [5.41, 5.74) is 10.5.